The molecule has 0 amide bonds. The molecule has 5 rings (SSSR count). The maximum Gasteiger partial charge on any atom is 0.326 e. The van der Waals surface area contributed by atoms with E-state index >= 15 is 0 Å². The van der Waals surface area contributed by atoms with Crippen LogP contribution in [0.15, 0.2) is 64.6 Å². The van der Waals surface area contributed by atoms with Crippen LogP contribution in [0, 0.1) is 0 Å². The van der Waals surface area contributed by atoms with Crippen molar-refractivity contribution in [3.05, 3.63) is 81.0 Å². The van der Waals surface area contributed by atoms with Gasteiger partial charge in [0, 0.05) is 48.7 Å². The van der Waals surface area contributed by atoms with Gasteiger partial charge in [-0.3, -0.25) is 14.6 Å². The monoisotopic (exact) mass is 485 g/mol. The number of piperidine rings is 1. The molecule has 0 bridgehead atoms. The van der Waals surface area contributed by atoms with Gasteiger partial charge in [-0.05, 0) is 61.4 Å². The molecule has 9 nitrogen and oxygen atoms in total. The van der Waals surface area contributed by atoms with E-state index in [1.54, 1.807) is 18.6 Å². The lowest BCUT2D eigenvalue weighted by molar-refractivity contribution is -0.137. The van der Waals surface area contributed by atoms with Gasteiger partial charge in [0.1, 0.15) is 23.2 Å². The molecule has 1 saturated heterocycles. The predicted octanol–water partition coefficient (Wildman–Crippen LogP) is 3.46. The quantitative estimate of drug-likeness (QED) is 0.322. The van der Waals surface area contributed by atoms with E-state index < -0.39 is 22.9 Å². The number of carboxylic acid groups (broad SMARTS) is 1. The average molecular weight is 486 g/mol. The highest BCUT2D eigenvalue weighted by atomic mass is 16.4. The lowest BCUT2D eigenvalue weighted by atomic mass is 9.99. The number of aliphatic carboxylic acids is 1. The van der Waals surface area contributed by atoms with Crippen LogP contribution in [0.2, 0.25) is 0 Å². The Bertz CT molecular complexity index is 1470. The Balaban J connectivity index is 1.31. The summed E-state index contributed by atoms with van der Waals surface area (Å²) in [6.45, 7) is 2.71. The van der Waals surface area contributed by atoms with Crippen molar-refractivity contribution in [2.45, 2.75) is 44.7 Å². The molecule has 0 saturated carbocycles. The Labute approximate surface area is 207 Å². The number of hydrogen-bond donors (Lipinski definition) is 3. The van der Waals surface area contributed by atoms with Gasteiger partial charge in [0.2, 0.25) is 0 Å². The van der Waals surface area contributed by atoms with E-state index in [-0.39, 0.29) is 18.2 Å². The number of nitrogens with one attached hydrogen (secondary N) is 2. The number of rotatable bonds is 8. The molecule has 0 radical (unpaired) electrons. The maximum absolute atomic E-state index is 12.3. The molecular formula is C27H27N5O4. The molecule has 9 heteroatoms. The molecule has 1 fully saturated rings. The van der Waals surface area contributed by atoms with Crippen molar-refractivity contribution < 1.29 is 9.90 Å². The predicted molar refractivity (Wildman–Crippen MR) is 140 cm³/mol. The van der Waals surface area contributed by atoms with Crippen molar-refractivity contribution in [2.24, 2.45) is 0 Å². The van der Waals surface area contributed by atoms with Crippen LogP contribution in [-0.4, -0.2) is 39.7 Å². The fraction of sp³-hybridized carbons (Fsp3) is 0.296. The van der Waals surface area contributed by atoms with Crippen LogP contribution in [0.4, 0.5) is 22.9 Å². The number of pyridine rings is 2. The standard InChI is InChI=1S/C27H27N5O4/c1-16-4-2-3-13-32(16)23-22(24(33)25(23)34)31-21(27(35)36)14-17-5-7-19(8-6-17)30-26-20-15-28-11-9-18(20)10-12-29-26/h5-12,15-16,21,31H,2-4,13-14H2,1H3,(H,29,30)(H,35,36). The SMILES string of the molecule is CC1CCCCN1c1c(NC(Cc2ccc(Nc3nccc4ccncc34)cc2)C(=O)O)c(=O)c1=O. The lowest BCUT2D eigenvalue weighted by Crippen LogP contribution is -2.49. The highest BCUT2D eigenvalue weighted by Gasteiger charge is 2.32. The maximum atomic E-state index is 12.3. The average Bonchev–Trinajstić information content (AvgIpc) is 2.89. The molecule has 0 aliphatic carbocycles. The smallest absolute Gasteiger partial charge is 0.326 e. The van der Waals surface area contributed by atoms with Crippen LogP contribution in [0.3, 0.4) is 0 Å². The van der Waals surface area contributed by atoms with Crippen molar-refractivity contribution in [3.63, 3.8) is 0 Å². The molecule has 1 aliphatic rings. The van der Waals surface area contributed by atoms with E-state index in [0.29, 0.717) is 18.1 Å². The molecule has 1 aliphatic heterocycles. The lowest BCUT2D eigenvalue weighted by Gasteiger charge is -2.37. The van der Waals surface area contributed by atoms with Gasteiger partial charge in [0.25, 0.3) is 10.9 Å². The summed E-state index contributed by atoms with van der Waals surface area (Å²) in [5.74, 6) is -0.409. The number of anilines is 4. The second-order valence-corrected chi connectivity index (χ2v) is 9.24. The van der Waals surface area contributed by atoms with E-state index in [1.807, 2.05) is 48.2 Å². The van der Waals surface area contributed by atoms with Crippen LogP contribution < -0.4 is 26.4 Å². The molecule has 2 aromatic carbocycles. The van der Waals surface area contributed by atoms with Gasteiger partial charge in [0.05, 0.1) is 0 Å². The number of benzene rings is 1. The zero-order valence-corrected chi connectivity index (χ0v) is 19.9. The first-order chi connectivity index (χ1) is 17.4. The molecular weight excluding hydrogens is 458 g/mol. The summed E-state index contributed by atoms with van der Waals surface area (Å²) in [6, 6.07) is 10.3. The van der Waals surface area contributed by atoms with Crippen molar-refractivity contribution >= 4 is 39.6 Å². The van der Waals surface area contributed by atoms with Crippen molar-refractivity contribution in [2.75, 3.05) is 22.1 Å². The van der Waals surface area contributed by atoms with Crippen LogP contribution in [0.25, 0.3) is 10.8 Å². The summed E-state index contributed by atoms with van der Waals surface area (Å²) >= 11 is 0. The number of fused-ring (bicyclic) bond motifs is 1. The second kappa shape index (κ2) is 9.77. The molecule has 36 heavy (non-hydrogen) atoms. The van der Waals surface area contributed by atoms with E-state index in [4.69, 9.17) is 0 Å². The Kier molecular flexibility index (Phi) is 6.37. The molecule has 4 aromatic rings. The Hall–Kier alpha value is -4.27. The van der Waals surface area contributed by atoms with Crippen LogP contribution in [0.1, 0.15) is 31.7 Å². The number of nitrogens with zero attached hydrogens (tertiary/aromatic N) is 3. The summed E-state index contributed by atoms with van der Waals surface area (Å²) < 4.78 is 0. The first-order valence-electron chi connectivity index (χ1n) is 12.1. The first kappa shape index (κ1) is 23.5. The third kappa shape index (κ3) is 4.51. The highest BCUT2D eigenvalue weighted by molar-refractivity contribution is 5.92. The highest BCUT2D eigenvalue weighted by Crippen LogP contribution is 2.29. The van der Waals surface area contributed by atoms with Gasteiger partial charge < -0.3 is 20.6 Å². The summed E-state index contributed by atoms with van der Waals surface area (Å²) in [5, 5.41) is 17.9. The van der Waals surface area contributed by atoms with Crippen molar-refractivity contribution in [1.82, 2.24) is 9.97 Å². The van der Waals surface area contributed by atoms with Crippen LogP contribution in [0.5, 0.6) is 0 Å². The van der Waals surface area contributed by atoms with E-state index in [2.05, 4.69) is 20.6 Å². The Morgan fingerprint density at radius 2 is 1.89 bits per heavy atom. The zero-order chi connectivity index (χ0) is 25.2. The topological polar surface area (TPSA) is 125 Å². The Morgan fingerprint density at radius 1 is 1.11 bits per heavy atom. The molecule has 2 unspecified atom stereocenters. The normalized spacial score (nSPS) is 16.7. The van der Waals surface area contributed by atoms with Gasteiger partial charge in [-0.1, -0.05) is 12.1 Å². The van der Waals surface area contributed by atoms with E-state index in [0.717, 1.165) is 41.3 Å². The molecule has 3 N–H and O–H groups in total. The minimum atomic E-state index is -1.09. The summed E-state index contributed by atoms with van der Waals surface area (Å²) in [7, 11) is 0. The van der Waals surface area contributed by atoms with Gasteiger partial charge in [-0.2, -0.15) is 0 Å². The number of carboxylic acids is 1. The minimum Gasteiger partial charge on any atom is -0.480 e. The Morgan fingerprint density at radius 3 is 2.64 bits per heavy atom. The molecule has 2 aromatic heterocycles. The van der Waals surface area contributed by atoms with Gasteiger partial charge in [-0.25, -0.2) is 9.78 Å². The number of hydrogen-bond acceptors (Lipinski definition) is 8. The van der Waals surface area contributed by atoms with Gasteiger partial charge >= 0.3 is 5.97 Å². The third-order valence-electron chi connectivity index (χ3n) is 6.82. The fourth-order valence-corrected chi connectivity index (χ4v) is 4.80. The van der Waals surface area contributed by atoms with Crippen molar-refractivity contribution in [3.8, 4) is 0 Å². The number of aromatic nitrogens is 2. The van der Waals surface area contributed by atoms with Gasteiger partial charge in [-0.15, -0.1) is 0 Å². The van der Waals surface area contributed by atoms with E-state index in [1.165, 1.54) is 0 Å². The first-order valence-corrected chi connectivity index (χ1v) is 12.1. The summed E-state index contributed by atoms with van der Waals surface area (Å²) in [6.07, 6.45) is 8.31. The minimum absolute atomic E-state index is 0.120. The van der Waals surface area contributed by atoms with E-state index in [9.17, 15) is 19.5 Å². The molecule has 2 atom stereocenters. The van der Waals surface area contributed by atoms with Crippen LogP contribution >= 0.6 is 0 Å². The molecule has 0 spiro atoms. The molecule has 184 valence electrons. The number of carbonyl (C=O) groups is 1. The molecule has 3 heterocycles. The third-order valence-corrected chi connectivity index (χ3v) is 6.82. The second-order valence-electron chi connectivity index (χ2n) is 9.24. The summed E-state index contributed by atoms with van der Waals surface area (Å²) in [4.78, 5) is 47.2. The van der Waals surface area contributed by atoms with Crippen LogP contribution in [-0.2, 0) is 11.2 Å². The van der Waals surface area contributed by atoms with Crippen molar-refractivity contribution in [1.29, 1.82) is 0 Å². The fourth-order valence-electron chi connectivity index (χ4n) is 4.80. The summed E-state index contributed by atoms with van der Waals surface area (Å²) in [5.41, 5.74) is 0.838. The van der Waals surface area contributed by atoms with Gasteiger partial charge in [0.15, 0.2) is 0 Å². The largest absolute Gasteiger partial charge is 0.480 e. The zero-order valence-electron chi connectivity index (χ0n) is 19.9.